The van der Waals surface area contributed by atoms with E-state index in [0.29, 0.717) is 6.54 Å². The number of hydrogen-bond acceptors (Lipinski definition) is 4. The first-order valence-electron chi connectivity index (χ1n) is 8.40. The van der Waals surface area contributed by atoms with Gasteiger partial charge in [-0.3, -0.25) is 9.89 Å². The molecule has 2 rings (SSSR count). The Morgan fingerprint density at radius 1 is 1.40 bits per heavy atom. The van der Waals surface area contributed by atoms with E-state index in [1.165, 1.54) is 13.0 Å². The zero-order valence-electron chi connectivity index (χ0n) is 14.5. The van der Waals surface area contributed by atoms with Crippen molar-refractivity contribution in [2.75, 3.05) is 45.9 Å². The van der Waals surface area contributed by atoms with Gasteiger partial charge in [-0.05, 0) is 26.0 Å². The minimum Gasteiger partial charge on any atom is -0.383 e. The molecule has 1 aromatic carbocycles. The molecule has 1 aliphatic heterocycles. The van der Waals surface area contributed by atoms with Gasteiger partial charge in [-0.2, -0.15) is 0 Å². The van der Waals surface area contributed by atoms with Crippen LogP contribution in [0.25, 0.3) is 0 Å². The summed E-state index contributed by atoms with van der Waals surface area (Å²) in [6, 6.07) is 3.05. The fourth-order valence-electron chi connectivity index (χ4n) is 2.65. The fraction of sp³-hybridized carbons (Fsp3) is 0.588. The van der Waals surface area contributed by atoms with Gasteiger partial charge in [-0.1, -0.05) is 6.07 Å². The number of aliphatic hydroxyl groups is 1. The second kappa shape index (κ2) is 9.07. The molecule has 1 unspecified atom stereocenters. The van der Waals surface area contributed by atoms with Crippen LogP contribution in [0.15, 0.2) is 23.2 Å². The lowest BCUT2D eigenvalue weighted by atomic mass is 9.95. The second-order valence-electron chi connectivity index (χ2n) is 6.33. The summed E-state index contributed by atoms with van der Waals surface area (Å²) in [5.41, 5.74) is 4.19. The highest BCUT2D eigenvalue weighted by molar-refractivity contribution is 5.77. The molecule has 1 aromatic rings. The Kier molecular flexibility index (Phi) is 7.10. The molecule has 1 atom stereocenters. The van der Waals surface area contributed by atoms with Gasteiger partial charge in [0.25, 0.3) is 0 Å². The third kappa shape index (κ3) is 6.22. The second-order valence-corrected chi connectivity index (χ2v) is 6.33. The number of nitrogens with two attached hydrogens (primary N) is 1. The molecule has 0 amide bonds. The zero-order valence-corrected chi connectivity index (χ0v) is 14.5. The lowest BCUT2D eigenvalue weighted by molar-refractivity contribution is 0.0376. The molecule has 0 radical (unpaired) electrons. The number of morpholine rings is 1. The Hall–Kier alpha value is -1.77. The number of ether oxygens (including phenoxy) is 1. The number of aliphatic imine (C=N–C) groups is 1. The molecule has 0 spiro atoms. The molecule has 0 bridgehead atoms. The van der Waals surface area contributed by atoms with Crippen molar-refractivity contribution < 1.29 is 18.6 Å². The van der Waals surface area contributed by atoms with Crippen LogP contribution in [0, 0.1) is 11.6 Å². The lowest BCUT2D eigenvalue weighted by Crippen LogP contribution is -2.39. The summed E-state index contributed by atoms with van der Waals surface area (Å²) >= 11 is 0. The molecule has 1 aliphatic rings. The van der Waals surface area contributed by atoms with Crippen molar-refractivity contribution in [3.8, 4) is 0 Å². The largest absolute Gasteiger partial charge is 0.383 e. The maximum atomic E-state index is 13.8. The molecule has 6 nitrogen and oxygen atoms in total. The Balaban J connectivity index is 1.77. The number of benzene rings is 1. The summed E-state index contributed by atoms with van der Waals surface area (Å²) < 4.78 is 32.0. The Labute approximate surface area is 146 Å². The monoisotopic (exact) mass is 356 g/mol. The van der Waals surface area contributed by atoms with Crippen LogP contribution in [0.3, 0.4) is 0 Å². The quantitative estimate of drug-likeness (QED) is 0.382. The molecule has 8 heteroatoms. The topological polar surface area (TPSA) is 83.1 Å². The minimum atomic E-state index is -1.57. The number of rotatable bonds is 7. The first-order valence-corrected chi connectivity index (χ1v) is 8.40. The van der Waals surface area contributed by atoms with Crippen LogP contribution in [0.1, 0.15) is 18.9 Å². The van der Waals surface area contributed by atoms with Crippen molar-refractivity contribution in [2.24, 2.45) is 10.7 Å². The highest BCUT2D eigenvalue weighted by Crippen LogP contribution is 2.24. The molecular formula is C17H26F2N4O2. The van der Waals surface area contributed by atoms with Crippen LogP contribution >= 0.6 is 0 Å². The van der Waals surface area contributed by atoms with E-state index in [0.717, 1.165) is 51.4 Å². The molecule has 4 N–H and O–H groups in total. The van der Waals surface area contributed by atoms with Crippen molar-refractivity contribution in [3.05, 3.63) is 35.4 Å². The summed E-state index contributed by atoms with van der Waals surface area (Å²) in [7, 11) is 0. The first kappa shape index (κ1) is 19.6. The molecule has 140 valence electrons. The minimum absolute atomic E-state index is 0.0160. The normalized spacial score (nSPS) is 18.8. The predicted octanol–water partition coefficient (Wildman–Crippen LogP) is 0.799. The van der Waals surface area contributed by atoms with Crippen molar-refractivity contribution in [1.82, 2.24) is 10.2 Å². The summed E-state index contributed by atoms with van der Waals surface area (Å²) in [6.45, 7) is 6.31. The van der Waals surface area contributed by atoms with Crippen LogP contribution in [0.4, 0.5) is 8.78 Å². The zero-order chi connectivity index (χ0) is 18.3. The van der Waals surface area contributed by atoms with Gasteiger partial charge in [0.15, 0.2) is 5.96 Å². The van der Waals surface area contributed by atoms with Gasteiger partial charge in [0.2, 0.25) is 0 Å². The van der Waals surface area contributed by atoms with Crippen molar-refractivity contribution >= 4 is 5.96 Å². The van der Waals surface area contributed by atoms with Crippen molar-refractivity contribution in [1.29, 1.82) is 0 Å². The van der Waals surface area contributed by atoms with E-state index < -0.39 is 17.2 Å². The molecule has 0 aliphatic carbocycles. The van der Waals surface area contributed by atoms with Crippen LogP contribution in [-0.2, 0) is 10.3 Å². The number of nitrogens with zero attached hydrogens (tertiary/aromatic N) is 2. The first-order chi connectivity index (χ1) is 11.9. The average molecular weight is 356 g/mol. The Morgan fingerprint density at radius 3 is 2.80 bits per heavy atom. The van der Waals surface area contributed by atoms with Crippen LogP contribution in [-0.4, -0.2) is 61.9 Å². The van der Waals surface area contributed by atoms with Gasteiger partial charge in [-0.15, -0.1) is 0 Å². The molecule has 25 heavy (non-hydrogen) atoms. The van der Waals surface area contributed by atoms with E-state index in [1.54, 1.807) is 0 Å². The van der Waals surface area contributed by atoms with Gasteiger partial charge in [0.05, 0.1) is 19.8 Å². The summed E-state index contributed by atoms with van der Waals surface area (Å²) in [6.07, 6.45) is 0.902. The third-order valence-electron chi connectivity index (χ3n) is 4.13. The van der Waals surface area contributed by atoms with Crippen LogP contribution < -0.4 is 11.1 Å². The van der Waals surface area contributed by atoms with E-state index in [-0.39, 0.29) is 18.1 Å². The molecule has 1 saturated heterocycles. The van der Waals surface area contributed by atoms with Gasteiger partial charge >= 0.3 is 0 Å². The van der Waals surface area contributed by atoms with Gasteiger partial charge in [0, 0.05) is 31.3 Å². The Bertz CT molecular complexity index is 590. The summed E-state index contributed by atoms with van der Waals surface area (Å²) in [4.78, 5) is 6.38. The molecule has 1 fully saturated rings. The van der Waals surface area contributed by atoms with E-state index in [1.807, 2.05) is 0 Å². The standard InChI is InChI=1S/C17H26F2N4O2/c1-17(24,14-4-3-13(18)11-15(14)19)12-22-16(20)21-5-2-6-23-7-9-25-10-8-23/h3-4,11,24H,2,5-10,12H2,1H3,(H3,20,21,22). The number of halogens is 2. The van der Waals surface area contributed by atoms with Crippen LogP contribution in [0.5, 0.6) is 0 Å². The van der Waals surface area contributed by atoms with E-state index in [9.17, 15) is 13.9 Å². The van der Waals surface area contributed by atoms with Crippen molar-refractivity contribution in [2.45, 2.75) is 18.9 Å². The van der Waals surface area contributed by atoms with Crippen molar-refractivity contribution in [3.63, 3.8) is 0 Å². The van der Waals surface area contributed by atoms with Crippen LogP contribution in [0.2, 0.25) is 0 Å². The van der Waals surface area contributed by atoms with E-state index in [2.05, 4.69) is 15.2 Å². The highest BCUT2D eigenvalue weighted by Gasteiger charge is 2.26. The SMILES string of the molecule is CC(O)(CN=C(N)NCCCN1CCOCC1)c1ccc(F)cc1F. The lowest BCUT2D eigenvalue weighted by Gasteiger charge is -2.26. The molecular weight excluding hydrogens is 330 g/mol. The molecule has 0 aromatic heterocycles. The number of nitrogens with one attached hydrogen (secondary N) is 1. The number of hydrogen-bond donors (Lipinski definition) is 3. The van der Waals surface area contributed by atoms with E-state index in [4.69, 9.17) is 10.5 Å². The fourth-order valence-corrected chi connectivity index (χ4v) is 2.65. The maximum absolute atomic E-state index is 13.8. The smallest absolute Gasteiger partial charge is 0.188 e. The maximum Gasteiger partial charge on any atom is 0.188 e. The van der Waals surface area contributed by atoms with Gasteiger partial charge in [-0.25, -0.2) is 8.78 Å². The van der Waals surface area contributed by atoms with Gasteiger partial charge in [0.1, 0.15) is 17.2 Å². The summed E-state index contributed by atoms with van der Waals surface area (Å²) in [5.74, 6) is -1.32. The van der Waals surface area contributed by atoms with E-state index >= 15 is 0 Å². The highest BCUT2D eigenvalue weighted by atomic mass is 19.1. The number of guanidine groups is 1. The molecule has 0 saturated carbocycles. The Morgan fingerprint density at radius 2 is 2.12 bits per heavy atom. The average Bonchev–Trinajstić information content (AvgIpc) is 2.57. The summed E-state index contributed by atoms with van der Waals surface area (Å²) in [5, 5.41) is 13.4. The van der Waals surface area contributed by atoms with Gasteiger partial charge < -0.3 is 20.9 Å². The predicted molar refractivity (Wildman–Crippen MR) is 92.3 cm³/mol. The third-order valence-corrected chi connectivity index (χ3v) is 4.13. The molecule has 1 heterocycles.